The summed E-state index contributed by atoms with van der Waals surface area (Å²) in [7, 11) is 0. The van der Waals surface area contributed by atoms with Crippen LogP contribution >= 0.6 is 0 Å². The summed E-state index contributed by atoms with van der Waals surface area (Å²) in [5.74, 6) is 1.87. The van der Waals surface area contributed by atoms with Crippen LogP contribution in [-0.4, -0.2) is 20.5 Å². The molecule has 0 saturated heterocycles. The van der Waals surface area contributed by atoms with Crippen molar-refractivity contribution in [1.82, 2.24) is 14.8 Å². The number of nitrogens with zero attached hydrogens (tertiary/aromatic N) is 4. The van der Waals surface area contributed by atoms with E-state index in [9.17, 15) is 0 Å². The van der Waals surface area contributed by atoms with E-state index in [1.165, 1.54) is 0 Å². The van der Waals surface area contributed by atoms with Gasteiger partial charge in [-0.15, -0.1) is 10.2 Å². The highest BCUT2D eigenvalue weighted by Gasteiger charge is 2.06. The van der Waals surface area contributed by atoms with E-state index in [4.69, 9.17) is 0 Å². The Kier molecular flexibility index (Phi) is 3.87. The average molecular weight is 242 g/mol. The lowest BCUT2D eigenvalue weighted by Gasteiger charge is -2.04. The van der Waals surface area contributed by atoms with Gasteiger partial charge in [0.2, 0.25) is 0 Å². The van der Waals surface area contributed by atoms with E-state index in [1.807, 2.05) is 32.0 Å². The first-order chi connectivity index (χ1) is 8.72. The third-order valence-corrected chi connectivity index (χ3v) is 2.98. The van der Waals surface area contributed by atoms with Crippen LogP contribution in [0.15, 0.2) is 35.3 Å². The van der Waals surface area contributed by atoms with Crippen LogP contribution in [0.2, 0.25) is 0 Å². The quantitative estimate of drug-likeness (QED) is 0.773. The lowest BCUT2D eigenvalue weighted by molar-refractivity contribution is 0.680. The largest absolute Gasteiger partial charge is 0.314 e. The summed E-state index contributed by atoms with van der Waals surface area (Å²) in [6.45, 7) is 7.54. The van der Waals surface area contributed by atoms with E-state index >= 15 is 0 Å². The van der Waals surface area contributed by atoms with Crippen molar-refractivity contribution in [3.8, 4) is 0 Å². The maximum absolute atomic E-state index is 4.58. The van der Waals surface area contributed by atoms with Crippen molar-refractivity contribution in [2.24, 2.45) is 4.99 Å². The van der Waals surface area contributed by atoms with Gasteiger partial charge in [0.25, 0.3) is 0 Å². The maximum atomic E-state index is 4.58. The van der Waals surface area contributed by atoms with Crippen LogP contribution in [0.5, 0.6) is 0 Å². The lowest BCUT2D eigenvalue weighted by atomic mass is 10.1. The molecule has 4 nitrogen and oxygen atoms in total. The highest BCUT2D eigenvalue weighted by atomic mass is 15.3. The highest BCUT2D eigenvalue weighted by molar-refractivity contribution is 5.98. The maximum Gasteiger partial charge on any atom is 0.154 e. The zero-order valence-corrected chi connectivity index (χ0v) is 11.1. The molecule has 0 radical (unpaired) electrons. The van der Waals surface area contributed by atoms with Crippen molar-refractivity contribution < 1.29 is 0 Å². The third-order valence-electron chi connectivity index (χ3n) is 2.98. The van der Waals surface area contributed by atoms with Gasteiger partial charge >= 0.3 is 0 Å². The van der Waals surface area contributed by atoms with E-state index < -0.39 is 0 Å². The van der Waals surface area contributed by atoms with Crippen molar-refractivity contribution in [2.75, 3.05) is 0 Å². The zero-order chi connectivity index (χ0) is 13.0. The molecule has 0 aliphatic heterocycles. The number of aromatic nitrogens is 3. The van der Waals surface area contributed by atoms with Crippen LogP contribution in [-0.2, 0) is 13.1 Å². The van der Waals surface area contributed by atoms with Gasteiger partial charge < -0.3 is 4.57 Å². The second-order valence-corrected chi connectivity index (χ2v) is 4.18. The molecule has 0 spiro atoms. The topological polar surface area (TPSA) is 43.1 Å². The summed E-state index contributed by atoms with van der Waals surface area (Å²) in [5.41, 5.74) is 2.18. The minimum Gasteiger partial charge on any atom is -0.314 e. The van der Waals surface area contributed by atoms with E-state index in [2.05, 4.69) is 38.8 Å². The van der Waals surface area contributed by atoms with Gasteiger partial charge in [-0.25, -0.2) is 0 Å². The number of hydrogen-bond acceptors (Lipinski definition) is 3. The number of aryl methyl sites for hydroxylation is 1. The number of hydrogen-bond donors (Lipinski definition) is 0. The fourth-order valence-electron chi connectivity index (χ4n) is 1.91. The Morgan fingerprint density at radius 1 is 1.22 bits per heavy atom. The van der Waals surface area contributed by atoms with Gasteiger partial charge in [-0.2, -0.15) is 0 Å². The van der Waals surface area contributed by atoms with Gasteiger partial charge in [-0.05, 0) is 26.3 Å². The molecule has 0 amide bonds. The molecular weight excluding hydrogens is 224 g/mol. The molecule has 2 aromatic rings. The predicted molar refractivity (Wildman–Crippen MR) is 72.8 cm³/mol. The molecule has 0 N–H and O–H groups in total. The Hall–Kier alpha value is -1.97. The van der Waals surface area contributed by atoms with Crippen LogP contribution in [0.1, 0.15) is 31.1 Å². The smallest absolute Gasteiger partial charge is 0.154 e. The van der Waals surface area contributed by atoms with Crippen molar-refractivity contribution in [1.29, 1.82) is 0 Å². The Labute approximate surface area is 107 Å². The van der Waals surface area contributed by atoms with Crippen LogP contribution < -0.4 is 0 Å². The van der Waals surface area contributed by atoms with Crippen molar-refractivity contribution in [3.05, 3.63) is 47.5 Å². The molecule has 0 saturated carbocycles. The molecule has 4 heteroatoms. The standard InChI is InChI=1S/C14H18N4/c1-4-18-12(3)16-17-14(18)10-15-11(2)13-8-6-5-7-9-13/h5-9H,4,10H2,1-3H3/b15-11+. The monoisotopic (exact) mass is 242 g/mol. The van der Waals surface area contributed by atoms with Gasteiger partial charge in [-0.1, -0.05) is 30.3 Å². The molecule has 94 valence electrons. The molecule has 0 bridgehead atoms. The predicted octanol–water partition coefficient (Wildman–Crippen LogP) is 2.62. The number of aliphatic imine (C=N–C) groups is 1. The van der Waals surface area contributed by atoms with Gasteiger partial charge in [-0.3, -0.25) is 4.99 Å². The molecule has 2 rings (SSSR count). The third kappa shape index (κ3) is 2.64. The van der Waals surface area contributed by atoms with Crippen LogP contribution in [0.4, 0.5) is 0 Å². The van der Waals surface area contributed by atoms with Gasteiger partial charge in [0.05, 0.1) is 6.54 Å². The van der Waals surface area contributed by atoms with Crippen LogP contribution in [0.25, 0.3) is 0 Å². The molecular formula is C14H18N4. The van der Waals surface area contributed by atoms with Gasteiger partial charge in [0.15, 0.2) is 5.82 Å². The highest BCUT2D eigenvalue weighted by Crippen LogP contribution is 2.05. The lowest BCUT2D eigenvalue weighted by Crippen LogP contribution is -2.04. The summed E-state index contributed by atoms with van der Waals surface area (Å²) in [6, 6.07) is 10.2. The summed E-state index contributed by atoms with van der Waals surface area (Å²) < 4.78 is 2.09. The zero-order valence-electron chi connectivity index (χ0n) is 11.1. The Morgan fingerprint density at radius 2 is 1.94 bits per heavy atom. The summed E-state index contributed by atoms with van der Waals surface area (Å²) in [5, 5.41) is 8.24. The molecule has 0 unspecified atom stereocenters. The first-order valence-corrected chi connectivity index (χ1v) is 6.17. The first-order valence-electron chi connectivity index (χ1n) is 6.17. The van der Waals surface area contributed by atoms with Crippen molar-refractivity contribution >= 4 is 5.71 Å². The second-order valence-electron chi connectivity index (χ2n) is 4.18. The minimum absolute atomic E-state index is 0.579. The molecule has 1 heterocycles. The molecule has 0 fully saturated rings. The van der Waals surface area contributed by atoms with Crippen LogP contribution in [0, 0.1) is 6.92 Å². The first kappa shape index (κ1) is 12.5. The summed E-state index contributed by atoms with van der Waals surface area (Å²) >= 11 is 0. The number of benzene rings is 1. The SMILES string of the molecule is CCn1c(C)nnc1C/N=C(\C)c1ccccc1. The molecule has 0 aliphatic carbocycles. The molecule has 0 aliphatic rings. The molecule has 1 aromatic carbocycles. The molecule has 1 aromatic heterocycles. The van der Waals surface area contributed by atoms with E-state index in [0.29, 0.717) is 6.54 Å². The second kappa shape index (κ2) is 5.58. The average Bonchev–Trinajstić information content (AvgIpc) is 2.77. The Morgan fingerprint density at radius 3 is 2.61 bits per heavy atom. The Bertz CT molecular complexity index is 540. The van der Waals surface area contributed by atoms with E-state index in [1.54, 1.807) is 0 Å². The van der Waals surface area contributed by atoms with Crippen LogP contribution in [0.3, 0.4) is 0 Å². The molecule has 0 atom stereocenters. The fraction of sp³-hybridized carbons (Fsp3) is 0.357. The fourth-order valence-corrected chi connectivity index (χ4v) is 1.91. The van der Waals surface area contributed by atoms with Gasteiger partial charge in [0, 0.05) is 12.3 Å². The minimum atomic E-state index is 0.579. The van der Waals surface area contributed by atoms with E-state index in [0.717, 1.165) is 29.5 Å². The van der Waals surface area contributed by atoms with Crippen molar-refractivity contribution in [3.63, 3.8) is 0 Å². The normalized spacial score (nSPS) is 11.8. The van der Waals surface area contributed by atoms with Gasteiger partial charge in [0.1, 0.15) is 5.82 Å². The van der Waals surface area contributed by atoms with Crippen molar-refractivity contribution in [2.45, 2.75) is 33.9 Å². The summed E-state index contributed by atoms with van der Waals surface area (Å²) in [6.07, 6.45) is 0. The van der Waals surface area contributed by atoms with E-state index in [-0.39, 0.29) is 0 Å². The Balaban J connectivity index is 2.15. The summed E-state index contributed by atoms with van der Waals surface area (Å²) in [4.78, 5) is 4.58. The number of rotatable bonds is 4. The molecule has 18 heavy (non-hydrogen) atoms.